The minimum atomic E-state index is 0.448. The zero-order chi connectivity index (χ0) is 12.7. The minimum absolute atomic E-state index is 0.448. The van der Waals surface area contributed by atoms with Crippen LogP contribution in [0.15, 0.2) is 18.2 Å². The van der Waals surface area contributed by atoms with Crippen molar-refractivity contribution in [1.82, 2.24) is 9.55 Å². The Morgan fingerprint density at radius 1 is 1.44 bits per heavy atom. The summed E-state index contributed by atoms with van der Waals surface area (Å²) < 4.78 is 2.29. The molecule has 0 saturated heterocycles. The fourth-order valence-corrected chi connectivity index (χ4v) is 3.16. The molecule has 1 heterocycles. The molecule has 2 nitrogen and oxygen atoms in total. The summed E-state index contributed by atoms with van der Waals surface area (Å²) in [4.78, 5) is 4.60. The third-order valence-corrected chi connectivity index (χ3v) is 4.56. The van der Waals surface area contributed by atoms with E-state index in [9.17, 15) is 0 Å². The zero-order valence-electron chi connectivity index (χ0n) is 10.4. The summed E-state index contributed by atoms with van der Waals surface area (Å²) in [6.45, 7) is 2.27. The molecule has 0 radical (unpaired) electrons. The van der Waals surface area contributed by atoms with E-state index in [-0.39, 0.29) is 0 Å². The third kappa shape index (κ3) is 1.92. The van der Waals surface area contributed by atoms with E-state index in [0.717, 1.165) is 27.8 Å². The molecule has 4 heteroatoms. The van der Waals surface area contributed by atoms with Crippen molar-refractivity contribution in [3.63, 3.8) is 0 Å². The Morgan fingerprint density at radius 2 is 2.22 bits per heavy atom. The van der Waals surface area contributed by atoms with Crippen molar-refractivity contribution in [1.29, 1.82) is 0 Å². The smallest absolute Gasteiger partial charge is 0.125 e. The highest BCUT2D eigenvalue weighted by atomic mass is 35.5. The van der Waals surface area contributed by atoms with Crippen LogP contribution in [0.3, 0.4) is 0 Å². The average molecular weight is 283 g/mol. The molecule has 0 amide bonds. The molecule has 1 saturated carbocycles. The van der Waals surface area contributed by atoms with Crippen LogP contribution in [-0.2, 0) is 5.88 Å². The lowest BCUT2D eigenvalue weighted by atomic mass is 9.80. The number of fused-ring (bicyclic) bond motifs is 1. The topological polar surface area (TPSA) is 17.8 Å². The normalized spacial score (nSPS) is 17.9. The number of imidazole rings is 1. The van der Waals surface area contributed by atoms with Crippen molar-refractivity contribution in [2.45, 2.75) is 38.1 Å². The van der Waals surface area contributed by atoms with Crippen LogP contribution in [0.1, 0.15) is 38.1 Å². The van der Waals surface area contributed by atoms with E-state index in [1.807, 2.05) is 12.1 Å². The Morgan fingerprint density at radius 3 is 2.83 bits per heavy atom. The highest BCUT2D eigenvalue weighted by molar-refractivity contribution is 6.31. The molecule has 1 aromatic heterocycles. The van der Waals surface area contributed by atoms with Gasteiger partial charge >= 0.3 is 0 Å². The molecule has 2 aromatic rings. The van der Waals surface area contributed by atoms with Crippen LogP contribution in [0, 0.1) is 5.92 Å². The molecule has 18 heavy (non-hydrogen) atoms. The number of hydrogen-bond acceptors (Lipinski definition) is 1. The second-order valence-corrected chi connectivity index (χ2v) is 5.80. The number of rotatable bonds is 3. The molecule has 1 fully saturated rings. The predicted octanol–water partition coefficient (Wildman–Crippen LogP) is 4.79. The molecule has 0 spiro atoms. The van der Waals surface area contributed by atoms with Gasteiger partial charge in [0.25, 0.3) is 0 Å². The standard InChI is InChI=1S/C14H16Cl2N2/c1-9(10-3-2-4-10)18-13-6-5-11(16)7-12(13)17-14(18)8-15/h5-7,9-10H,2-4,8H2,1H3. The van der Waals surface area contributed by atoms with E-state index in [4.69, 9.17) is 23.2 Å². The van der Waals surface area contributed by atoms with Gasteiger partial charge in [0.2, 0.25) is 0 Å². The minimum Gasteiger partial charge on any atom is -0.324 e. The van der Waals surface area contributed by atoms with Crippen molar-refractivity contribution >= 4 is 34.2 Å². The lowest BCUT2D eigenvalue weighted by molar-refractivity contribution is 0.223. The molecule has 1 aromatic carbocycles. The number of alkyl halides is 1. The van der Waals surface area contributed by atoms with Gasteiger partial charge < -0.3 is 4.57 Å². The van der Waals surface area contributed by atoms with Crippen LogP contribution in [0.5, 0.6) is 0 Å². The highest BCUT2D eigenvalue weighted by Crippen LogP contribution is 2.38. The molecule has 1 atom stereocenters. The van der Waals surface area contributed by atoms with Crippen molar-refractivity contribution in [2.75, 3.05) is 0 Å². The number of aromatic nitrogens is 2. The Kier molecular flexibility index (Phi) is 3.25. The van der Waals surface area contributed by atoms with Gasteiger partial charge in [0, 0.05) is 11.1 Å². The Hall–Kier alpha value is -0.730. The first-order chi connectivity index (χ1) is 8.70. The second kappa shape index (κ2) is 4.75. The SMILES string of the molecule is CC(C1CCC1)n1c(CCl)nc2cc(Cl)ccc21. The molecule has 1 aliphatic rings. The fourth-order valence-electron chi connectivity index (χ4n) is 2.80. The summed E-state index contributed by atoms with van der Waals surface area (Å²) in [5.74, 6) is 2.16. The quantitative estimate of drug-likeness (QED) is 0.740. The maximum atomic E-state index is 6.04. The molecular formula is C14H16Cl2N2. The summed E-state index contributed by atoms with van der Waals surface area (Å²) >= 11 is 12.1. The van der Waals surface area contributed by atoms with E-state index < -0.39 is 0 Å². The van der Waals surface area contributed by atoms with E-state index in [2.05, 4.69) is 22.5 Å². The number of hydrogen-bond donors (Lipinski definition) is 0. The Balaban J connectivity index is 2.12. The van der Waals surface area contributed by atoms with E-state index >= 15 is 0 Å². The average Bonchev–Trinajstić information content (AvgIpc) is 2.63. The monoisotopic (exact) mass is 282 g/mol. The molecule has 96 valence electrons. The summed E-state index contributed by atoms with van der Waals surface area (Å²) in [7, 11) is 0. The summed E-state index contributed by atoms with van der Waals surface area (Å²) in [6.07, 6.45) is 3.98. The van der Waals surface area contributed by atoms with Crippen molar-refractivity contribution < 1.29 is 0 Å². The van der Waals surface area contributed by atoms with Crippen molar-refractivity contribution in [3.8, 4) is 0 Å². The zero-order valence-corrected chi connectivity index (χ0v) is 11.9. The lowest BCUT2D eigenvalue weighted by Crippen LogP contribution is -2.23. The first-order valence-electron chi connectivity index (χ1n) is 6.43. The van der Waals surface area contributed by atoms with E-state index in [1.54, 1.807) is 0 Å². The molecule has 0 N–H and O–H groups in total. The van der Waals surface area contributed by atoms with Crippen molar-refractivity contribution in [2.24, 2.45) is 5.92 Å². The molecule has 0 bridgehead atoms. The van der Waals surface area contributed by atoms with Gasteiger partial charge in [-0.25, -0.2) is 4.98 Å². The molecular weight excluding hydrogens is 267 g/mol. The molecule has 0 aliphatic heterocycles. The van der Waals surface area contributed by atoms with Crippen LogP contribution in [-0.4, -0.2) is 9.55 Å². The van der Waals surface area contributed by atoms with Gasteiger partial charge in [0.1, 0.15) is 5.82 Å². The van der Waals surface area contributed by atoms with Gasteiger partial charge in [-0.15, -0.1) is 11.6 Å². The molecule has 1 aliphatic carbocycles. The number of halogens is 2. The first kappa shape index (κ1) is 12.3. The van der Waals surface area contributed by atoms with E-state index in [0.29, 0.717) is 11.9 Å². The van der Waals surface area contributed by atoms with Crippen LogP contribution in [0.4, 0.5) is 0 Å². The summed E-state index contributed by atoms with van der Waals surface area (Å²) in [6, 6.07) is 6.36. The van der Waals surface area contributed by atoms with Gasteiger partial charge in [-0.2, -0.15) is 0 Å². The predicted molar refractivity (Wildman–Crippen MR) is 76.4 cm³/mol. The van der Waals surface area contributed by atoms with Gasteiger partial charge in [0.15, 0.2) is 0 Å². The van der Waals surface area contributed by atoms with Crippen LogP contribution >= 0.6 is 23.2 Å². The fraction of sp³-hybridized carbons (Fsp3) is 0.500. The molecule has 1 unspecified atom stereocenters. The Bertz CT molecular complexity index is 572. The maximum Gasteiger partial charge on any atom is 0.125 e. The van der Waals surface area contributed by atoms with Gasteiger partial charge in [-0.05, 0) is 43.9 Å². The van der Waals surface area contributed by atoms with Gasteiger partial charge in [-0.1, -0.05) is 18.0 Å². The Labute approximate surface area is 117 Å². The summed E-state index contributed by atoms with van der Waals surface area (Å²) in [5, 5.41) is 0.726. The van der Waals surface area contributed by atoms with Gasteiger partial charge in [-0.3, -0.25) is 0 Å². The first-order valence-corrected chi connectivity index (χ1v) is 7.34. The van der Waals surface area contributed by atoms with Crippen LogP contribution < -0.4 is 0 Å². The number of nitrogens with zero attached hydrogens (tertiary/aromatic N) is 2. The molecule has 3 rings (SSSR count). The maximum absolute atomic E-state index is 6.04. The van der Waals surface area contributed by atoms with Crippen LogP contribution in [0.25, 0.3) is 11.0 Å². The van der Waals surface area contributed by atoms with Crippen LogP contribution in [0.2, 0.25) is 5.02 Å². The van der Waals surface area contributed by atoms with E-state index in [1.165, 1.54) is 19.3 Å². The largest absolute Gasteiger partial charge is 0.324 e. The van der Waals surface area contributed by atoms with Gasteiger partial charge in [0.05, 0.1) is 16.9 Å². The lowest BCUT2D eigenvalue weighted by Gasteiger charge is -2.33. The second-order valence-electron chi connectivity index (χ2n) is 5.10. The van der Waals surface area contributed by atoms with Crippen molar-refractivity contribution in [3.05, 3.63) is 29.0 Å². The highest BCUT2D eigenvalue weighted by Gasteiger charge is 2.27. The number of benzene rings is 1. The summed E-state index contributed by atoms with van der Waals surface area (Å²) in [5.41, 5.74) is 2.10. The third-order valence-electron chi connectivity index (χ3n) is 4.08.